The largest absolute Gasteiger partial charge is 0.213 e. The van der Waals surface area contributed by atoms with Crippen LogP contribution in [-0.2, 0) is 11.3 Å². The van der Waals surface area contributed by atoms with Crippen molar-refractivity contribution < 1.29 is 4.21 Å². The molecule has 0 aromatic carbocycles. The fourth-order valence-electron chi connectivity index (χ4n) is 0.131. The first-order valence-corrected chi connectivity index (χ1v) is 2.62. The highest BCUT2D eigenvalue weighted by Gasteiger charge is 1.66. The average molecular weight is 103 g/mol. The molecule has 0 heterocycles. The molecule has 0 aliphatic rings. The SMILES string of the molecule is [CH2]CCC=S=O. The van der Waals surface area contributed by atoms with E-state index in [0.717, 1.165) is 12.8 Å². The van der Waals surface area contributed by atoms with Crippen LogP contribution in [0.1, 0.15) is 12.8 Å². The van der Waals surface area contributed by atoms with Gasteiger partial charge in [0, 0.05) is 5.37 Å². The highest BCUT2D eigenvalue weighted by atomic mass is 32.1. The fourth-order valence-corrected chi connectivity index (χ4v) is 0.394. The van der Waals surface area contributed by atoms with Gasteiger partial charge in [0.05, 0.1) is 11.3 Å². The summed E-state index contributed by atoms with van der Waals surface area (Å²) in [6.45, 7) is 3.54. The summed E-state index contributed by atoms with van der Waals surface area (Å²) in [5.41, 5.74) is 0. The summed E-state index contributed by atoms with van der Waals surface area (Å²) in [6.07, 6.45) is 1.66. The third kappa shape index (κ3) is 3.89. The van der Waals surface area contributed by atoms with Gasteiger partial charge in [-0.05, 0) is 12.8 Å². The van der Waals surface area contributed by atoms with Crippen molar-refractivity contribution in [3.8, 4) is 0 Å². The van der Waals surface area contributed by atoms with E-state index >= 15 is 0 Å². The maximum atomic E-state index is 9.52. The maximum Gasteiger partial charge on any atom is 0.0841 e. The van der Waals surface area contributed by atoms with Gasteiger partial charge in [-0.25, -0.2) is 4.21 Å². The standard InChI is InChI=1S/C4H7OS/c1-2-3-4-6-5/h4H,1-3H2. The van der Waals surface area contributed by atoms with E-state index in [4.69, 9.17) is 0 Å². The second-order valence-corrected chi connectivity index (χ2v) is 1.43. The molecule has 0 fully saturated rings. The van der Waals surface area contributed by atoms with Gasteiger partial charge in [0.15, 0.2) is 0 Å². The van der Waals surface area contributed by atoms with Crippen molar-refractivity contribution in [3.63, 3.8) is 0 Å². The van der Waals surface area contributed by atoms with Crippen molar-refractivity contribution in [2.45, 2.75) is 12.8 Å². The number of hydrogen-bond donors (Lipinski definition) is 0. The Morgan fingerprint density at radius 1 is 1.83 bits per heavy atom. The Hall–Kier alpha value is -0.110. The normalized spacial score (nSPS) is 7.50. The zero-order valence-electron chi connectivity index (χ0n) is 3.52. The van der Waals surface area contributed by atoms with E-state index < -0.39 is 0 Å². The van der Waals surface area contributed by atoms with Crippen LogP contribution in [0.2, 0.25) is 0 Å². The van der Waals surface area contributed by atoms with E-state index in [1.165, 1.54) is 0 Å². The van der Waals surface area contributed by atoms with Crippen molar-refractivity contribution in [1.82, 2.24) is 0 Å². The molecule has 0 N–H and O–H groups in total. The smallest absolute Gasteiger partial charge is 0.0841 e. The van der Waals surface area contributed by atoms with Crippen LogP contribution in [0.5, 0.6) is 0 Å². The predicted octanol–water partition coefficient (Wildman–Crippen LogP) is 0.616. The van der Waals surface area contributed by atoms with Crippen LogP contribution in [0, 0.1) is 6.92 Å². The molecule has 35 valence electrons. The van der Waals surface area contributed by atoms with Crippen LogP contribution in [0.25, 0.3) is 0 Å². The van der Waals surface area contributed by atoms with E-state index in [9.17, 15) is 4.21 Å². The van der Waals surface area contributed by atoms with E-state index in [1.54, 1.807) is 5.37 Å². The number of unbranched alkanes of at least 4 members (excludes halogenated alkanes) is 1. The molecular weight excluding hydrogens is 96.1 g/mol. The van der Waals surface area contributed by atoms with E-state index in [-0.39, 0.29) is 0 Å². The molecule has 0 bridgehead atoms. The van der Waals surface area contributed by atoms with Gasteiger partial charge in [0.2, 0.25) is 0 Å². The molecule has 1 nitrogen and oxygen atoms in total. The molecule has 0 aliphatic carbocycles. The lowest BCUT2D eigenvalue weighted by Gasteiger charge is -1.70. The lowest BCUT2D eigenvalue weighted by molar-refractivity contribution is 0.701. The summed E-state index contributed by atoms with van der Waals surface area (Å²) in [5.74, 6) is 0. The molecule has 0 aromatic rings. The Bertz CT molecular complexity index is 63.9. The molecule has 2 heteroatoms. The number of rotatable bonds is 2. The Kier molecular flexibility index (Phi) is 4.80. The van der Waals surface area contributed by atoms with Gasteiger partial charge in [0.1, 0.15) is 0 Å². The summed E-state index contributed by atoms with van der Waals surface area (Å²) < 4.78 is 9.52. The van der Waals surface area contributed by atoms with Gasteiger partial charge in [-0.3, -0.25) is 0 Å². The first-order valence-electron chi connectivity index (χ1n) is 1.81. The topological polar surface area (TPSA) is 17.1 Å². The lowest BCUT2D eigenvalue weighted by Crippen LogP contribution is -1.66. The van der Waals surface area contributed by atoms with Gasteiger partial charge >= 0.3 is 0 Å². The summed E-state index contributed by atoms with van der Waals surface area (Å²) in [6, 6.07) is 0. The third-order valence-corrected chi connectivity index (χ3v) is 0.762. The highest BCUT2D eigenvalue weighted by Crippen LogP contribution is 1.74. The van der Waals surface area contributed by atoms with E-state index in [1.807, 2.05) is 0 Å². The van der Waals surface area contributed by atoms with Gasteiger partial charge in [-0.2, -0.15) is 0 Å². The summed E-state index contributed by atoms with van der Waals surface area (Å²) in [4.78, 5) is 0. The Labute approximate surface area is 41.4 Å². The quantitative estimate of drug-likeness (QED) is 0.468. The zero-order chi connectivity index (χ0) is 4.83. The Balaban J connectivity index is 2.86. The molecule has 0 atom stereocenters. The summed E-state index contributed by atoms with van der Waals surface area (Å²) >= 11 is 0.511. The first-order chi connectivity index (χ1) is 2.91. The molecule has 0 amide bonds. The lowest BCUT2D eigenvalue weighted by atomic mass is 10.4. The minimum absolute atomic E-state index is 0.511. The molecule has 6 heavy (non-hydrogen) atoms. The van der Waals surface area contributed by atoms with E-state index in [0.29, 0.717) is 11.3 Å². The minimum atomic E-state index is 0.511. The molecule has 0 rings (SSSR count). The highest BCUT2D eigenvalue weighted by molar-refractivity contribution is 7.64. The molecule has 0 aromatic heterocycles. The summed E-state index contributed by atoms with van der Waals surface area (Å²) in [7, 11) is 0. The molecule has 0 unspecified atom stereocenters. The molecule has 0 saturated heterocycles. The van der Waals surface area contributed by atoms with Gasteiger partial charge < -0.3 is 0 Å². The van der Waals surface area contributed by atoms with Crippen molar-refractivity contribution in [3.05, 3.63) is 6.92 Å². The Morgan fingerprint density at radius 3 is 2.67 bits per heavy atom. The number of hydrogen-bond acceptors (Lipinski definition) is 1. The van der Waals surface area contributed by atoms with Crippen molar-refractivity contribution in [1.29, 1.82) is 0 Å². The monoisotopic (exact) mass is 103 g/mol. The van der Waals surface area contributed by atoms with Gasteiger partial charge in [-0.1, -0.05) is 6.92 Å². The zero-order valence-corrected chi connectivity index (χ0v) is 4.33. The van der Waals surface area contributed by atoms with Crippen LogP contribution in [0.15, 0.2) is 0 Å². The molecule has 1 radical (unpaired) electrons. The fraction of sp³-hybridized carbons (Fsp3) is 0.500. The molecular formula is C4H7OS. The molecule has 0 aliphatic heterocycles. The van der Waals surface area contributed by atoms with Crippen LogP contribution in [-0.4, -0.2) is 9.58 Å². The molecule has 0 saturated carbocycles. The van der Waals surface area contributed by atoms with Gasteiger partial charge in [-0.15, -0.1) is 0 Å². The van der Waals surface area contributed by atoms with Crippen molar-refractivity contribution in [2.75, 3.05) is 0 Å². The molecule has 0 spiro atoms. The van der Waals surface area contributed by atoms with Gasteiger partial charge in [0.25, 0.3) is 0 Å². The van der Waals surface area contributed by atoms with Crippen LogP contribution >= 0.6 is 0 Å². The predicted molar refractivity (Wildman–Crippen MR) is 28.8 cm³/mol. The van der Waals surface area contributed by atoms with E-state index in [2.05, 4.69) is 6.92 Å². The van der Waals surface area contributed by atoms with Crippen LogP contribution in [0.3, 0.4) is 0 Å². The van der Waals surface area contributed by atoms with Crippen LogP contribution in [0.4, 0.5) is 0 Å². The first kappa shape index (κ1) is 5.89. The average Bonchev–Trinajstić information content (AvgIpc) is 1.61. The maximum absolute atomic E-state index is 9.52. The second kappa shape index (κ2) is 4.89. The van der Waals surface area contributed by atoms with Crippen molar-refractivity contribution >= 4 is 16.6 Å². The van der Waals surface area contributed by atoms with Crippen molar-refractivity contribution in [2.24, 2.45) is 0 Å². The summed E-state index contributed by atoms with van der Waals surface area (Å²) in [5, 5.41) is 1.60. The third-order valence-electron chi connectivity index (χ3n) is 0.390. The minimum Gasteiger partial charge on any atom is -0.213 e. The Morgan fingerprint density at radius 2 is 2.50 bits per heavy atom. The second-order valence-electron chi connectivity index (χ2n) is 0.905. The van der Waals surface area contributed by atoms with Crippen LogP contribution < -0.4 is 0 Å².